The van der Waals surface area contributed by atoms with Crippen LogP contribution in [0.4, 0.5) is 5.69 Å². The van der Waals surface area contributed by atoms with Gasteiger partial charge in [0.25, 0.3) is 5.91 Å². The van der Waals surface area contributed by atoms with E-state index >= 15 is 0 Å². The molecule has 2 aromatic heterocycles. The Bertz CT molecular complexity index is 1190. The summed E-state index contributed by atoms with van der Waals surface area (Å²) in [5.41, 5.74) is 2.06. The van der Waals surface area contributed by atoms with Crippen LogP contribution < -0.4 is 5.32 Å². The van der Waals surface area contributed by atoms with Crippen molar-refractivity contribution in [3.63, 3.8) is 0 Å². The summed E-state index contributed by atoms with van der Waals surface area (Å²) < 4.78 is 6.09. The molecular weight excluding hydrogens is 446 g/mol. The quantitative estimate of drug-likeness (QED) is 0.518. The van der Waals surface area contributed by atoms with Crippen LogP contribution in [0.1, 0.15) is 80.1 Å². The van der Waals surface area contributed by atoms with Gasteiger partial charge in [-0.05, 0) is 82.4 Å². The van der Waals surface area contributed by atoms with Crippen molar-refractivity contribution in [1.29, 1.82) is 5.26 Å². The summed E-state index contributed by atoms with van der Waals surface area (Å²) in [4.78, 5) is 24.4. The van der Waals surface area contributed by atoms with E-state index in [0.29, 0.717) is 24.9 Å². The molecule has 0 aromatic carbocycles. The number of amides is 1. The maximum atomic E-state index is 12.8. The highest BCUT2D eigenvalue weighted by Gasteiger charge is 2.61. The van der Waals surface area contributed by atoms with E-state index in [1.807, 2.05) is 32.0 Å². The van der Waals surface area contributed by atoms with Gasteiger partial charge in [-0.1, -0.05) is 6.08 Å². The molecule has 3 aliphatic rings. The average molecular weight is 478 g/mol. The Morgan fingerprint density at radius 3 is 2.63 bits per heavy atom. The normalized spacial score (nSPS) is 32.1. The molecule has 1 amide bonds. The van der Waals surface area contributed by atoms with Gasteiger partial charge in [0.15, 0.2) is 5.82 Å². The Labute approximate surface area is 204 Å². The second-order valence-electron chi connectivity index (χ2n) is 10.5. The van der Waals surface area contributed by atoms with Gasteiger partial charge in [-0.3, -0.25) is 9.78 Å². The van der Waals surface area contributed by atoms with Crippen LogP contribution in [0, 0.1) is 17.2 Å². The Balaban J connectivity index is 1.40. The molecule has 0 radical (unpaired) electrons. The fourth-order valence-corrected chi connectivity index (χ4v) is 5.99. The monoisotopic (exact) mass is 477 g/mol. The Morgan fingerprint density at radius 2 is 2.00 bits per heavy atom. The number of pyridine rings is 1. The number of aromatic nitrogens is 3. The maximum Gasteiger partial charge on any atom is 0.291 e. The highest BCUT2D eigenvalue weighted by atomic mass is 16.6. The summed E-state index contributed by atoms with van der Waals surface area (Å²) >= 11 is 0. The van der Waals surface area contributed by atoms with E-state index in [-0.39, 0.29) is 17.4 Å². The number of nitrogens with zero attached hydrogens (tertiary/aromatic N) is 3. The van der Waals surface area contributed by atoms with E-state index < -0.39 is 29.3 Å². The number of aliphatic hydroxyl groups is 2. The standard InChI is InChI=1S/C26H31N5O4/c1-25-11-15(12-26(2,35-25)22(33)21(25)32)10-17-8-9-19(20(29-17)16-6-4-3-5-7-16)31-24(34)23-28-14-18(13-27)30-23/h6,8-9,14-15,21-22,32-33H,3-5,7,10-12H2,1-2H3,(H,28,30)(H,31,34)/t15?,21?,22?,25-,26?/m0/s1. The smallest absolute Gasteiger partial charge is 0.291 e. The fourth-order valence-electron chi connectivity index (χ4n) is 5.99. The lowest BCUT2D eigenvalue weighted by Crippen LogP contribution is -2.44. The number of carbonyl (C=O) groups is 1. The van der Waals surface area contributed by atoms with Gasteiger partial charge >= 0.3 is 0 Å². The number of anilines is 1. The van der Waals surface area contributed by atoms with E-state index in [2.05, 4.69) is 21.4 Å². The number of nitrogens with one attached hydrogen (secondary N) is 2. The van der Waals surface area contributed by atoms with Crippen LogP contribution in [-0.2, 0) is 11.2 Å². The van der Waals surface area contributed by atoms with Gasteiger partial charge in [0.05, 0.1) is 28.8 Å². The Hall–Kier alpha value is -3.06. The molecule has 2 saturated heterocycles. The molecule has 2 aromatic rings. The number of hydrogen-bond donors (Lipinski definition) is 4. The van der Waals surface area contributed by atoms with Crippen molar-refractivity contribution < 1.29 is 19.7 Å². The molecule has 0 spiro atoms. The first-order valence-corrected chi connectivity index (χ1v) is 12.2. The zero-order valence-electron chi connectivity index (χ0n) is 20.0. The van der Waals surface area contributed by atoms with E-state index in [9.17, 15) is 15.0 Å². The molecule has 2 fully saturated rings. The number of hydrogen-bond acceptors (Lipinski definition) is 7. The largest absolute Gasteiger partial charge is 0.387 e. The first-order valence-electron chi connectivity index (χ1n) is 12.2. The molecule has 2 bridgehead atoms. The van der Waals surface area contributed by atoms with Crippen molar-refractivity contribution in [1.82, 2.24) is 15.0 Å². The lowest BCUT2D eigenvalue weighted by molar-refractivity contribution is -0.163. The number of imidazole rings is 1. The van der Waals surface area contributed by atoms with Gasteiger partial charge < -0.3 is 25.3 Å². The molecule has 9 nitrogen and oxygen atoms in total. The number of aliphatic hydroxyl groups excluding tert-OH is 2. The molecule has 4 heterocycles. The van der Waals surface area contributed by atoms with Crippen molar-refractivity contribution >= 4 is 17.2 Å². The second kappa shape index (κ2) is 8.86. The molecule has 4 unspecified atom stereocenters. The average Bonchev–Trinajstić information content (AvgIpc) is 3.37. The van der Waals surface area contributed by atoms with Crippen LogP contribution in [0.15, 0.2) is 24.4 Å². The molecule has 5 rings (SSSR count). The van der Waals surface area contributed by atoms with Gasteiger partial charge in [-0.15, -0.1) is 0 Å². The van der Waals surface area contributed by atoms with Crippen molar-refractivity contribution in [2.75, 3.05) is 5.32 Å². The predicted octanol–water partition coefficient (Wildman–Crippen LogP) is 3.11. The van der Waals surface area contributed by atoms with E-state index in [0.717, 1.165) is 42.6 Å². The molecule has 9 heteroatoms. The van der Waals surface area contributed by atoms with Crippen molar-refractivity contribution in [3.8, 4) is 6.07 Å². The van der Waals surface area contributed by atoms with Gasteiger partial charge in [-0.2, -0.15) is 5.26 Å². The fraction of sp³-hybridized carbons (Fsp3) is 0.538. The highest BCUT2D eigenvalue weighted by molar-refractivity contribution is 6.03. The summed E-state index contributed by atoms with van der Waals surface area (Å²) in [6.45, 7) is 3.74. The van der Waals surface area contributed by atoms with Crippen molar-refractivity contribution in [2.45, 2.75) is 82.2 Å². The minimum atomic E-state index is -0.908. The van der Waals surface area contributed by atoms with Crippen LogP contribution in [0.5, 0.6) is 0 Å². The molecular formula is C26H31N5O4. The molecule has 35 heavy (non-hydrogen) atoms. The lowest BCUT2D eigenvalue weighted by atomic mass is 9.81. The Morgan fingerprint density at radius 1 is 1.26 bits per heavy atom. The summed E-state index contributed by atoms with van der Waals surface area (Å²) in [5.74, 6) is -0.159. The number of nitriles is 1. The van der Waals surface area contributed by atoms with Gasteiger partial charge in [0.1, 0.15) is 24.0 Å². The van der Waals surface area contributed by atoms with E-state index in [1.165, 1.54) is 6.20 Å². The number of ether oxygens (including phenoxy) is 1. The maximum absolute atomic E-state index is 12.8. The van der Waals surface area contributed by atoms with Gasteiger partial charge in [0, 0.05) is 5.69 Å². The molecule has 4 N–H and O–H groups in total. The zero-order chi connectivity index (χ0) is 24.8. The van der Waals surface area contributed by atoms with Crippen LogP contribution in [0.25, 0.3) is 5.57 Å². The first-order chi connectivity index (χ1) is 16.7. The van der Waals surface area contributed by atoms with Gasteiger partial charge in [0.2, 0.25) is 0 Å². The predicted molar refractivity (Wildman–Crippen MR) is 128 cm³/mol. The minimum Gasteiger partial charge on any atom is -0.387 e. The minimum absolute atomic E-state index is 0.0745. The van der Waals surface area contributed by atoms with Gasteiger partial charge in [-0.25, -0.2) is 4.98 Å². The summed E-state index contributed by atoms with van der Waals surface area (Å²) in [6, 6.07) is 5.73. The molecule has 1 aliphatic carbocycles. The van der Waals surface area contributed by atoms with Crippen LogP contribution in [0.2, 0.25) is 0 Å². The zero-order valence-corrected chi connectivity index (χ0v) is 20.0. The third kappa shape index (κ3) is 4.38. The van der Waals surface area contributed by atoms with Crippen molar-refractivity contribution in [3.05, 3.63) is 47.3 Å². The molecule has 0 saturated carbocycles. The van der Waals surface area contributed by atoms with E-state index in [1.54, 1.807) is 0 Å². The highest BCUT2D eigenvalue weighted by Crippen LogP contribution is 2.50. The topological polar surface area (TPSA) is 144 Å². The number of aromatic amines is 1. The second-order valence-corrected chi connectivity index (χ2v) is 10.5. The third-order valence-corrected chi connectivity index (χ3v) is 7.61. The van der Waals surface area contributed by atoms with E-state index in [4.69, 9.17) is 15.0 Å². The number of fused-ring (bicyclic) bond motifs is 2. The molecule has 2 aliphatic heterocycles. The number of rotatable bonds is 5. The van der Waals surface area contributed by atoms with Crippen LogP contribution >= 0.6 is 0 Å². The summed E-state index contributed by atoms with van der Waals surface area (Å²) in [6.07, 6.45) is 7.74. The summed E-state index contributed by atoms with van der Waals surface area (Å²) in [5, 5.41) is 33.0. The molecule has 5 atom stereocenters. The summed E-state index contributed by atoms with van der Waals surface area (Å²) in [7, 11) is 0. The molecule has 184 valence electrons. The lowest BCUT2D eigenvalue weighted by Gasteiger charge is -2.41. The number of carbonyl (C=O) groups excluding carboxylic acids is 1. The Kier molecular flexibility index (Phi) is 5.99. The third-order valence-electron chi connectivity index (χ3n) is 7.61. The number of allylic oxidation sites excluding steroid dienone is 2. The first kappa shape index (κ1) is 23.7. The SMILES string of the molecule is CC12CC(Cc3ccc(NC(=O)c4ncc(C#N)[nH]4)c(C4=CCCCC4)n3)C[C@](C)(O1)C(O)C2O. The van der Waals surface area contributed by atoms with Crippen molar-refractivity contribution in [2.24, 2.45) is 5.92 Å². The van der Waals surface area contributed by atoms with Crippen LogP contribution in [-0.4, -0.2) is 54.5 Å². The number of H-pyrrole nitrogens is 1. The van der Waals surface area contributed by atoms with Crippen LogP contribution in [0.3, 0.4) is 0 Å².